The molecule has 0 amide bonds. The number of alkyl halides is 3. The van der Waals surface area contributed by atoms with Crippen molar-refractivity contribution in [1.29, 1.82) is 0 Å². The van der Waals surface area contributed by atoms with Gasteiger partial charge in [-0.2, -0.15) is 13.2 Å². The van der Waals surface area contributed by atoms with Crippen LogP contribution in [0.1, 0.15) is 19.4 Å². The Morgan fingerprint density at radius 3 is 2.56 bits per heavy atom. The maximum absolute atomic E-state index is 12.5. The lowest BCUT2D eigenvalue weighted by molar-refractivity contribution is -0.137. The standard InChI is InChI=1S/C12H16F3NOS/c1-9(2)16-6-7-18(17)11-5-3-4-10(8-11)12(13,14)15/h3-5,8-9,16H,6-7H2,1-2H3. The molecule has 0 bridgehead atoms. The summed E-state index contributed by atoms with van der Waals surface area (Å²) in [6.45, 7) is 4.42. The first-order valence-electron chi connectivity index (χ1n) is 5.59. The van der Waals surface area contributed by atoms with Gasteiger partial charge in [0.15, 0.2) is 0 Å². The van der Waals surface area contributed by atoms with Crippen LogP contribution in [0.25, 0.3) is 0 Å². The highest BCUT2D eigenvalue weighted by Gasteiger charge is 2.30. The molecule has 1 atom stereocenters. The van der Waals surface area contributed by atoms with Crippen molar-refractivity contribution in [3.8, 4) is 0 Å². The highest BCUT2D eigenvalue weighted by Crippen LogP contribution is 2.30. The van der Waals surface area contributed by atoms with Gasteiger partial charge in [0.05, 0.1) is 16.4 Å². The van der Waals surface area contributed by atoms with Gasteiger partial charge in [0.25, 0.3) is 0 Å². The predicted molar refractivity (Wildman–Crippen MR) is 65.9 cm³/mol. The molecule has 0 aromatic heterocycles. The molecule has 0 spiro atoms. The van der Waals surface area contributed by atoms with Gasteiger partial charge >= 0.3 is 6.18 Å². The van der Waals surface area contributed by atoms with E-state index in [1.165, 1.54) is 12.1 Å². The quantitative estimate of drug-likeness (QED) is 0.898. The number of halogens is 3. The van der Waals surface area contributed by atoms with Crippen molar-refractivity contribution >= 4 is 10.8 Å². The van der Waals surface area contributed by atoms with Gasteiger partial charge in [-0.05, 0) is 18.2 Å². The summed E-state index contributed by atoms with van der Waals surface area (Å²) in [5.41, 5.74) is -0.759. The van der Waals surface area contributed by atoms with Gasteiger partial charge in [0.2, 0.25) is 0 Å². The maximum atomic E-state index is 12.5. The maximum Gasteiger partial charge on any atom is 0.416 e. The first-order valence-corrected chi connectivity index (χ1v) is 6.91. The molecule has 2 nitrogen and oxygen atoms in total. The second-order valence-corrected chi connectivity index (χ2v) is 5.75. The SMILES string of the molecule is CC(C)NCCS(=O)c1cccc(C(F)(F)F)c1. The number of hydrogen-bond acceptors (Lipinski definition) is 2. The van der Waals surface area contributed by atoms with Gasteiger partial charge in [-0.3, -0.25) is 4.21 Å². The zero-order valence-corrected chi connectivity index (χ0v) is 11.1. The fourth-order valence-corrected chi connectivity index (χ4v) is 2.40. The highest BCUT2D eigenvalue weighted by molar-refractivity contribution is 7.85. The van der Waals surface area contributed by atoms with E-state index in [9.17, 15) is 17.4 Å². The Morgan fingerprint density at radius 1 is 1.33 bits per heavy atom. The van der Waals surface area contributed by atoms with Crippen LogP contribution in [0.5, 0.6) is 0 Å². The smallest absolute Gasteiger partial charge is 0.314 e. The fraction of sp³-hybridized carbons (Fsp3) is 0.500. The summed E-state index contributed by atoms with van der Waals surface area (Å²) < 4.78 is 49.2. The summed E-state index contributed by atoms with van der Waals surface area (Å²) in [6, 6.07) is 4.94. The Kier molecular flexibility index (Phi) is 5.34. The summed E-state index contributed by atoms with van der Waals surface area (Å²) in [5.74, 6) is 0.305. The summed E-state index contributed by atoms with van der Waals surface area (Å²) in [6.07, 6.45) is -4.39. The van der Waals surface area contributed by atoms with E-state index in [0.717, 1.165) is 12.1 Å². The summed E-state index contributed by atoms with van der Waals surface area (Å²) in [4.78, 5) is 0.218. The second-order valence-electron chi connectivity index (χ2n) is 4.18. The molecular weight excluding hydrogens is 263 g/mol. The number of hydrogen-bond donors (Lipinski definition) is 1. The zero-order valence-electron chi connectivity index (χ0n) is 10.3. The van der Waals surface area contributed by atoms with Crippen molar-refractivity contribution in [3.63, 3.8) is 0 Å². The average molecular weight is 279 g/mol. The van der Waals surface area contributed by atoms with Crippen LogP contribution >= 0.6 is 0 Å². The lowest BCUT2D eigenvalue weighted by atomic mass is 10.2. The van der Waals surface area contributed by atoms with Crippen LogP contribution in [-0.4, -0.2) is 22.5 Å². The minimum Gasteiger partial charge on any atom is -0.314 e. The molecule has 6 heteroatoms. The molecule has 0 saturated carbocycles. The van der Waals surface area contributed by atoms with E-state index in [4.69, 9.17) is 0 Å². The molecule has 18 heavy (non-hydrogen) atoms. The lowest BCUT2D eigenvalue weighted by Crippen LogP contribution is -2.27. The molecule has 0 aliphatic carbocycles. The first kappa shape index (κ1) is 15.2. The molecule has 0 aliphatic heterocycles. The summed E-state index contributed by atoms with van der Waals surface area (Å²) in [5, 5.41) is 3.08. The van der Waals surface area contributed by atoms with Crippen LogP contribution in [0.15, 0.2) is 29.2 Å². The topological polar surface area (TPSA) is 29.1 Å². The van der Waals surface area contributed by atoms with Gasteiger partial charge in [-0.15, -0.1) is 0 Å². The third-order valence-corrected chi connectivity index (χ3v) is 3.62. The largest absolute Gasteiger partial charge is 0.416 e. The van der Waals surface area contributed by atoms with Crippen molar-refractivity contribution in [2.75, 3.05) is 12.3 Å². The van der Waals surface area contributed by atoms with Gasteiger partial charge in [-0.1, -0.05) is 19.9 Å². The summed E-state index contributed by atoms with van der Waals surface area (Å²) in [7, 11) is -1.41. The van der Waals surface area contributed by atoms with Crippen LogP contribution in [-0.2, 0) is 17.0 Å². The van der Waals surface area contributed by atoms with Crippen molar-refractivity contribution in [1.82, 2.24) is 5.32 Å². The molecule has 1 aromatic rings. The molecule has 0 heterocycles. The van der Waals surface area contributed by atoms with Crippen LogP contribution in [0, 0.1) is 0 Å². The molecule has 102 valence electrons. The van der Waals surface area contributed by atoms with Crippen molar-refractivity contribution in [2.45, 2.75) is 31.0 Å². The monoisotopic (exact) mass is 279 g/mol. The van der Waals surface area contributed by atoms with Gasteiger partial charge in [0, 0.05) is 23.2 Å². The highest BCUT2D eigenvalue weighted by atomic mass is 32.2. The van der Waals surface area contributed by atoms with Crippen molar-refractivity contribution in [3.05, 3.63) is 29.8 Å². The Hall–Kier alpha value is -0.880. The molecule has 0 radical (unpaired) electrons. The van der Waals surface area contributed by atoms with E-state index < -0.39 is 22.5 Å². The molecule has 0 fully saturated rings. The number of benzene rings is 1. The molecular formula is C12H16F3NOS. The van der Waals surface area contributed by atoms with Gasteiger partial charge in [0.1, 0.15) is 0 Å². The van der Waals surface area contributed by atoms with Crippen LogP contribution in [0.4, 0.5) is 13.2 Å². The Morgan fingerprint density at radius 2 is 2.00 bits per heavy atom. The second kappa shape index (κ2) is 6.33. The number of nitrogens with one attached hydrogen (secondary N) is 1. The average Bonchev–Trinajstić information content (AvgIpc) is 2.27. The predicted octanol–water partition coefficient (Wildman–Crippen LogP) is 2.81. The number of rotatable bonds is 5. The third kappa shape index (κ3) is 4.78. The zero-order chi connectivity index (χ0) is 13.8. The molecule has 0 aliphatic rings. The van der Waals surface area contributed by atoms with E-state index in [2.05, 4.69) is 5.32 Å². The van der Waals surface area contributed by atoms with Gasteiger partial charge < -0.3 is 5.32 Å². The Balaban J connectivity index is 2.69. The third-order valence-electron chi connectivity index (χ3n) is 2.26. The molecule has 1 N–H and O–H groups in total. The molecule has 0 saturated heterocycles. The van der Waals surface area contributed by atoms with Gasteiger partial charge in [-0.25, -0.2) is 0 Å². The first-order chi connectivity index (χ1) is 8.30. The minimum atomic E-state index is -4.39. The van der Waals surface area contributed by atoms with Crippen molar-refractivity contribution < 1.29 is 17.4 Å². The lowest BCUT2D eigenvalue weighted by Gasteiger charge is -2.10. The molecule has 1 unspecified atom stereocenters. The van der Waals surface area contributed by atoms with E-state index >= 15 is 0 Å². The van der Waals surface area contributed by atoms with E-state index in [-0.39, 0.29) is 10.9 Å². The van der Waals surface area contributed by atoms with Crippen molar-refractivity contribution in [2.24, 2.45) is 0 Å². The molecule has 1 rings (SSSR count). The van der Waals surface area contributed by atoms with Crippen LogP contribution in [0.3, 0.4) is 0 Å². The van der Waals surface area contributed by atoms with Crippen LogP contribution in [0.2, 0.25) is 0 Å². The summed E-state index contributed by atoms with van der Waals surface area (Å²) >= 11 is 0. The van der Waals surface area contributed by atoms with E-state index in [0.29, 0.717) is 12.3 Å². The van der Waals surface area contributed by atoms with E-state index in [1.54, 1.807) is 0 Å². The minimum absolute atomic E-state index is 0.218. The fourth-order valence-electron chi connectivity index (χ4n) is 1.37. The molecule has 1 aromatic carbocycles. The Labute approximate surface area is 107 Å². The Bertz CT molecular complexity index is 418. The normalized spacial score (nSPS) is 13.9. The van der Waals surface area contributed by atoms with Crippen LogP contribution < -0.4 is 5.32 Å². The van der Waals surface area contributed by atoms with E-state index in [1.807, 2.05) is 13.8 Å².